The number of rotatable bonds is 45. The number of hydrogen-bond acceptors (Lipinski definition) is 8. The van der Waals surface area contributed by atoms with Gasteiger partial charge in [0.05, 0.1) is 11.8 Å². The zero-order valence-electron chi connectivity index (χ0n) is 44.4. The highest BCUT2D eigenvalue weighted by Gasteiger charge is 2.44. The van der Waals surface area contributed by atoms with E-state index in [4.69, 9.17) is 14.2 Å². The molecular weight excluding hydrogens is 893 g/mol. The van der Waals surface area contributed by atoms with Crippen molar-refractivity contribution in [3.8, 4) is 0 Å². The van der Waals surface area contributed by atoms with Crippen LogP contribution in [0.4, 0.5) is 0 Å². The predicted molar refractivity (Wildman–Crippen MR) is 290 cm³/mol. The van der Waals surface area contributed by atoms with Crippen LogP contribution in [0, 0.1) is 23.7 Å². The largest absolute Gasteiger partial charge is 0.481 e. The Kier molecular flexibility index (Phi) is 42.0. The van der Waals surface area contributed by atoms with Gasteiger partial charge >= 0.3 is 29.8 Å². The van der Waals surface area contributed by atoms with Crippen LogP contribution in [-0.2, 0) is 38.2 Å². The van der Waals surface area contributed by atoms with Crippen molar-refractivity contribution in [3.05, 3.63) is 97.2 Å². The van der Waals surface area contributed by atoms with Crippen LogP contribution >= 0.6 is 0 Å². The van der Waals surface area contributed by atoms with Gasteiger partial charge in [0.2, 0.25) is 0 Å². The molecule has 2 N–H and O–H groups in total. The number of carboxylic acids is 2. The summed E-state index contributed by atoms with van der Waals surface area (Å²) in [5.41, 5.74) is 0. The van der Waals surface area contributed by atoms with Crippen molar-refractivity contribution in [2.75, 3.05) is 13.2 Å². The Labute approximate surface area is 430 Å². The SMILES string of the molecule is CCCC/C=C/C=C/C=C/CCCCCCCC(=O)OC[C@H](COC(=O)CCCCCCC/C=C\[C@@H]1C=C[C@H](CCCC)[C@H](C(=O)O)[C@@H]1C(=O)O)OC(=O)CCCCCCC/C=C/C=C/C=C/CCCC. The Balaban J connectivity index is 2.48. The van der Waals surface area contributed by atoms with E-state index in [0.717, 1.165) is 128 Å². The summed E-state index contributed by atoms with van der Waals surface area (Å²) in [6.45, 7) is 6.10. The highest BCUT2D eigenvalue weighted by atomic mass is 16.6. The summed E-state index contributed by atoms with van der Waals surface area (Å²) in [6, 6.07) is 0. The molecule has 0 aromatic rings. The molecule has 0 spiro atoms. The fourth-order valence-corrected chi connectivity index (χ4v) is 8.49. The van der Waals surface area contributed by atoms with Gasteiger partial charge < -0.3 is 24.4 Å². The molecule has 0 aliphatic heterocycles. The van der Waals surface area contributed by atoms with Crippen LogP contribution in [-0.4, -0.2) is 59.4 Å². The quantitative estimate of drug-likeness (QED) is 0.0198. The van der Waals surface area contributed by atoms with E-state index in [1.807, 2.05) is 31.2 Å². The summed E-state index contributed by atoms with van der Waals surface area (Å²) < 4.78 is 16.7. The minimum Gasteiger partial charge on any atom is -0.481 e. The van der Waals surface area contributed by atoms with Crippen LogP contribution in [0.1, 0.15) is 213 Å². The summed E-state index contributed by atoms with van der Waals surface area (Å²) in [5, 5.41) is 19.9. The molecule has 400 valence electrons. The molecule has 10 nitrogen and oxygen atoms in total. The van der Waals surface area contributed by atoms with E-state index in [-0.39, 0.29) is 44.4 Å². The van der Waals surface area contributed by atoms with Gasteiger partial charge in [-0.1, -0.05) is 214 Å². The molecule has 0 saturated carbocycles. The van der Waals surface area contributed by atoms with Crippen LogP contribution in [0.3, 0.4) is 0 Å². The fraction of sp³-hybridized carbons (Fsp3) is 0.656. The Morgan fingerprint density at radius 2 is 0.817 bits per heavy atom. The van der Waals surface area contributed by atoms with Gasteiger partial charge in [0, 0.05) is 25.2 Å². The van der Waals surface area contributed by atoms with Crippen molar-refractivity contribution in [1.29, 1.82) is 0 Å². The summed E-state index contributed by atoms with van der Waals surface area (Å²) in [4.78, 5) is 62.5. The number of hydrogen-bond donors (Lipinski definition) is 2. The van der Waals surface area contributed by atoms with Crippen molar-refractivity contribution in [1.82, 2.24) is 0 Å². The monoisotopic (exact) mass is 989 g/mol. The normalized spacial score (nSPS) is 17.8. The van der Waals surface area contributed by atoms with E-state index in [1.165, 1.54) is 25.7 Å². The molecular formula is C61H96O10. The predicted octanol–water partition coefficient (Wildman–Crippen LogP) is 15.8. The fourth-order valence-electron chi connectivity index (χ4n) is 8.49. The number of unbranched alkanes of at least 4 members (excludes halogenated alkanes) is 20. The van der Waals surface area contributed by atoms with E-state index < -0.39 is 47.7 Å². The molecule has 71 heavy (non-hydrogen) atoms. The second-order valence-corrected chi connectivity index (χ2v) is 19.1. The van der Waals surface area contributed by atoms with Crippen molar-refractivity contribution < 1.29 is 48.4 Å². The number of carbonyl (C=O) groups is 5. The molecule has 0 aromatic carbocycles. The smallest absolute Gasteiger partial charge is 0.308 e. The second kappa shape index (κ2) is 46.3. The maximum Gasteiger partial charge on any atom is 0.308 e. The van der Waals surface area contributed by atoms with Gasteiger partial charge in [-0.15, -0.1) is 0 Å². The molecule has 0 aromatic heterocycles. The van der Waals surface area contributed by atoms with Crippen LogP contribution in [0.25, 0.3) is 0 Å². The Bertz CT molecular complexity index is 1650. The van der Waals surface area contributed by atoms with Gasteiger partial charge in [-0.05, 0) is 83.0 Å². The minimum atomic E-state index is -1.07. The molecule has 1 rings (SSSR count). The molecule has 0 radical (unpaired) electrons. The number of esters is 3. The van der Waals surface area contributed by atoms with Gasteiger partial charge in [-0.25, -0.2) is 0 Å². The van der Waals surface area contributed by atoms with Gasteiger partial charge in [-0.3, -0.25) is 24.0 Å². The lowest BCUT2D eigenvalue weighted by molar-refractivity contribution is -0.167. The standard InChI is InChI=1S/C61H96O10/c1-4-7-10-12-14-16-18-20-22-24-26-28-32-36-40-45-55(62)69-50-54(71-57(64)47-42-38-33-29-27-25-23-21-19-17-15-13-11-8-5-2)51-70-56(63)46-41-37-34-30-31-35-39-44-53-49-48-52(43-9-6-3)58(60(65)66)59(53)61(67)68/h12-23,39,44,48-49,52-54,58-59H,4-11,24-38,40-43,45-47,50-51H2,1-3H3,(H,65,66)(H,67,68)/b14-12+,15-13+,18-16+,19-17+,22-20+,23-21+,44-39-/t52-,53+,54+,58-,59+/m0/s1. The topological polar surface area (TPSA) is 154 Å². The van der Waals surface area contributed by atoms with Crippen LogP contribution < -0.4 is 0 Å². The van der Waals surface area contributed by atoms with Crippen molar-refractivity contribution >= 4 is 29.8 Å². The first-order chi connectivity index (χ1) is 34.6. The third-order valence-electron chi connectivity index (χ3n) is 12.7. The molecule has 10 heteroatoms. The highest BCUT2D eigenvalue weighted by Crippen LogP contribution is 2.38. The molecule has 5 atom stereocenters. The molecule has 1 aliphatic rings. The third kappa shape index (κ3) is 36.8. The van der Waals surface area contributed by atoms with Crippen LogP contribution in [0.5, 0.6) is 0 Å². The molecule has 0 unspecified atom stereocenters. The first-order valence-electron chi connectivity index (χ1n) is 27.9. The summed E-state index contributed by atoms with van der Waals surface area (Å²) in [6.07, 6.45) is 59.2. The number of carbonyl (C=O) groups excluding carboxylic acids is 3. The molecule has 0 fully saturated rings. The molecule has 1 aliphatic carbocycles. The average Bonchev–Trinajstić information content (AvgIpc) is 3.35. The molecule has 0 amide bonds. The minimum absolute atomic E-state index is 0.160. The van der Waals surface area contributed by atoms with Gasteiger partial charge in [0.1, 0.15) is 13.2 Å². The zero-order chi connectivity index (χ0) is 51.8. The maximum atomic E-state index is 12.9. The molecule has 0 saturated heterocycles. The van der Waals surface area contributed by atoms with Gasteiger partial charge in [0.25, 0.3) is 0 Å². The van der Waals surface area contributed by atoms with Gasteiger partial charge in [-0.2, -0.15) is 0 Å². The van der Waals surface area contributed by atoms with E-state index >= 15 is 0 Å². The lowest BCUT2D eigenvalue weighted by Crippen LogP contribution is -2.41. The zero-order valence-corrected chi connectivity index (χ0v) is 44.4. The Hall–Kier alpha value is -4.73. The van der Waals surface area contributed by atoms with E-state index in [1.54, 1.807) is 0 Å². The number of carboxylic acid groups (broad SMARTS) is 2. The van der Waals surface area contributed by atoms with E-state index in [0.29, 0.717) is 19.3 Å². The number of ether oxygens (including phenoxy) is 3. The molecule has 0 heterocycles. The van der Waals surface area contributed by atoms with Crippen molar-refractivity contribution in [2.24, 2.45) is 23.7 Å². The Morgan fingerprint density at radius 1 is 0.437 bits per heavy atom. The number of aliphatic carboxylic acids is 2. The highest BCUT2D eigenvalue weighted by molar-refractivity contribution is 5.81. The summed E-state index contributed by atoms with van der Waals surface area (Å²) in [5.74, 6) is -5.92. The second-order valence-electron chi connectivity index (χ2n) is 19.1. The van der Waals surface area contributed by atoms with Crippen LogP contribution in [0.15, 0.2) is 97.2 Å². The van der Waals surface area contributed by atoms with Crippen molar-refractivity contribution in [2.45, 2.75) is 219 Å². The average molecular weight is 989 g/mol. The number of allylic oxidation sites excluding steroid dienone is 16. The lowest BCUT2D eigenvalue weighted by Gasteiger charge is -2.33. The summed E-state index contributed by atoms with van der Waals surface area (Å²) >= 11 is 0. The van der Waals surface area contributed by atoms with E-state index in [2.05, 4.69) is 86.8 Å². The third-order valence-corrected chi connectivity index (χ3v) is 12.7. The van der Waals surface area contributed by atoms with Crippen molar-refractivity contribution in [3.63, 3.8) is 0 Å². The first-order valence-corrected chi connectivity index (χ1v) is 27.9. The lowest BCUT2D eigenvalue weighted by atomic mass is 9.69. The van der Waals surface area contributed by atoms with Gasteiger partial charge in [0.15, 0.2) is 6.10 Å². The van der Waals surface area contributed by atoms with E-state index in [9.17, 15) is 34.2 Å². The molecule has 0 bridgehead atoms. The maximum absolute atomic E-state index is 12.9. The Morgan fingerprint density at radius 3 is 1.24 bits per heavy atom. The first kappa shape index (κ1) is 64.3. The summed E-state index contributed by atoms with van der Waals surface area (Å²) in [7, 11) is 0. The van der Waals surface area contributed by atoms with Crippen LogP contribution in [0.2, 0.25) is 0 Å².